The van der Waals surface area contributed by atoms with Gasteiger partial charge in [-0.15, -0.1) is 0 Å². The minimum atomic E-state index is -2.35. The number of aromatic nitrogens is 2. The van der Waals surface area contributed by atoms with Crippen molar-refractivity contribution in [3.63, 3.8) is 0 Å². The summed E-state index contributed by atoms with van der Waals surface area (Å²) >= 11 is 3.13. The number of rotatable bonds is 24. The molecule has 0 aliphatic carbocycles. The Labute approximate surface area is 402 Å². The maximum Gasteiger partial charge on any atom is 0.101 e. The van der Waals surface area contributed by atoms with E-state index in [0.717, 1.165) is 3.57 Å². The maximum atomic E-state index is 9.17. The molecule has 0 unspecified atom stereocenters. The van der Waals surface area contributed by atoms with Crippen molar-refractivity contribution in [1.29, 1.82) is 10.5 Å². The van der Waals surface area contributed by atoms with Crippen LogP contribution in [0.4, 0.5) is 0 Å². The van der Waals surface area contributed by atoms with E-state index in [1.165, 1.54) is 163 Å². The zero-order chi connectivity index (χ0) is 43.0. The Bertz CT molecular complexity index is 1080. The van der Waals surface area contributed by atoms with Gasteiger partial charge in [-0.2, -0.15) is 5.26 Å². The Kier molecular flexibility index (Phi) is 65.8. The van der Waals surface area contributed by atoms with E-state index in [-0.39, 0.29) is 7.43 Å². The molecule has 57 heavy (non-hydrogen) atoms. The maximum absolute atomic E-state index is 9.17. The molecule has 6 radical (unpaired) electrons. The third kappa shape index (κ3) is 47.3. The molecular formula is C49H91IN4Sn3. The van der Waals surface area contributed by atoms with E-state index in [1.54, 1.807) is 67.1 Å². The van der Waals surface area contributed by atoms with Crippen LogP contribution in [0.5, 0.6) is 0 Å². The van der Waals surface area contributed by atoms with Crippen LogP contribution in [0.1, 0.15) is 222 Å². The van der Waals surface area contributed by atoms with Crippen molar-refractivity contribution < 1.29 is 0 Å². The van der Waals surface area contributed by atoms with E-state index in [9.17, 15) is 0 Å². The molecule has 2 aromatic heterocycles. The molecule has 0 fully saturated rings. The van der Waals surface area contributed by atoms with Crippen molar-refractivity contribution in [2.75, 3.05) is 0 Å². The number of halogens is 1. The first-order chi connectivity index (χ1) is 27.2. The zero-order valence-electron chi connectivity index (χ0n) is 38.2. The monoisotopic (exact) mass is 1220 g/mol. The summed E-state index contributed by atoms with van der Waals surface area (Å²) in [7, 11) is 0. The molecule has 2 heterocycles. The van der Waals surface area contributed by atoms with E-state index >= 15 is 0 Å². The fourth-order valence-corrected chi connectivity index (χ4v) is 24.1. The number of pyridine rings is 2. The van der Waals surface area contributed by atoms with Gasteiger partial charge in [0.2, 0.25) is 0 Å². The van der Waals surface area contributed by atoms with Crippen molar-refractivity contribution in [2.24, 2.45) is 0 Å². The summed E-state index contributed by atoms with van der Waals surface area (Å²) in [5.74, 6) is 0. The van der Waals surface area contributed by atoms with Gasteiger partial charge in [0.1, 0.15) is 6.07 Å². The summed E-state index contributed by atoms with van der Waals surface area (Å²) in [6.07, 6.45) is 35.6. The first-order valence-corrected chi connectivity index (χ1v) is 35.5. The van der Waals surface area contributed by atoms with Crippen LogP contribution < -0.4 is 3.58 Å². The third-order valence-corrected chi connectivity index (χ3v) is 27.5. The van der Waals surface area contributed by atoms with E-state index in [4.69, 9.17) is 10.5 Å². The van der Waals surface area contributed by atoms with E-state index in [1.807, 2.05) is 12.3 Å². The molecule has 0 atom stereocenters. The summed E-state index contributed by atoms with van der Waals surface area (Å²) in [5, 5.41) is 17.5. The molecule has 0 saturated carbocycles. The van der Waals surface area contributed by atoms with Crippen molar-refractivity contribution >= 4 is 89.6 Å². The van der Waals surface area contributed by atoms with Crippen molar-refractivity contribution in [3.8, 4) is 12.1 Å². The Morgan fingerprint density at radius 2 is 0.930 bits per heavy atom. The Morgan fingerprint density at radius 3 is 1.19 bits per heavy atom. The molecule has 8 heteroatoms. The van der Waals surface area contributed by atoms with Crippen molar-refractivity contribution in [2.45, 2.75) is 233 Å². The fraction of sp³-hybridized carbons (Fsp3) is 0.755. The van der Waals surface area contributed by atoms with Crippen LogP contribution >= 0.6 is 22.6 Å². The molecule has 0 spiro atoms. The van der Waals surface area contributed by atoms with Gasteiger partial charge in [0.25, 0.3) is 0 Å². The Balaban J connectivity index is -0.000000210. The predicted octanol–water partition coefficient (Wildman–Crippen LogP) is 16.7. The minimum absolute atomic E-state index is 0. The molecule has 326 valence electrons. The Hall–Kier alpha value is 0.406. The van der Waals surface area contributed by atoms with Crippen LogP contribution in [0.25, 0.3) is 0 Å². The van der Waals surface area contributed by atoms with E-state index in [2.05, 4.69) is 113 Å². The second-order valence-electron chi connectivity index (χ2n) is 14.7. The quantitative estimate of drug-likeness (QED) is 0.0596. The summed E-state index contributed by atoms with van der Waals surface area (Å²) in [5.41, 5.74) is 1.22. The second-order valence-corrected chi connectivity index (χ2v) is 32.0. The normalized spacial score (nSPS) is 9.72. The number of hydrogen-bond acceptors (Lipinski definition) is 4. The average Bonchev–Trinajstić information content (AvgIpc) is 3.23. The summed E-state index contributed by atoms with van der Waals surface area (Å²) < 4.78 is 9.74. The van der Waals surface area contributed by atoms with Gasteiger partial charge in [0, 0.05) is 16.0 Å². The van der Waals surface area contributed by atoms with Gasteiger partial charge in [0.05, 0.1) is 5.56 Å². The summed E-state index contributed by atoms with van der Waals surface area (Å²) in [6.45, 7) is 20.4. The van der Waals surface area contributed by atoms with Crippen LogP contribution in [0.2, 0.25) is 22.2 Å². The largest absolute Gasteiger partial charge is 0.262 e. The van der Waals surface area contributed by atoms with Crippen LogP contribution in [0.15, 0.2) is 36.8 Å². The molecule has 0 aromatic carbocycles. The average molecular weight is 1220 g/mol. The molecular weight excluding hydrogens is 1130 g/mol. The van der Waals surface area contributed by atoms with Gasteiger partial charge >= 0.3 is 228 Å². The topological polar surface area (TPSA) is 73.4 Å². The number of nitrogens with zero attached hydrogens (tertiary/aromatic N) is 4. The summed E-state index contributed by atoms with van der Waals surface area (Å²) in [4.78, 5) is 8.01. The van der Waals surface area contributed by atoms with Crippen LogP contribution in [-0.4, -0.2) is 73.4 Å². The molecule has 0 saturated heterocycles. The van der Waals surface area contributed by atoms with Gasteiger partial charge in [-0.1, -0.05) is 112 Å². The SMILES string of the molecule is C.CCCCCCCC.CCCCCCCC.CCC[CH2][Sn].CCC[CH2][Sn].CCC[CH2][Sn]([CH2]CCC)([CH2]CCC)[c]1ccnc(C#N)c1.N#Cc1cncc(I)c1. The van der Waals surface area contributed by atoms with Gasteiger partial charge in [-0.25, -0.2) is 0 Å². The number of hydrogen-bond donors (Lipinski definition) is 0. The van der Waals surface area contributed by atoms with Crippen LogP contribution in [0.3, 0.4) is 0 Å². The zero-order valence-corrected chi connectivity index (χ0v) is 48.9. The smallest absolute Gasteiger partial charge is 0.101 e. The van der Waals surface area contributed by atoms with Crippen molar-refractivity contribution in [1.82, 2.24) is 9.97 Å². The standard InChI is InChI=1S/2C8H18.C6H3IN2.C6H3N2.5C4H9.CH4.3Sn/c2*1-3-5-7-8-6-4-2;7-6-1-5(2-8)3-9-4-6;7-5-6-3-1-2-4-8-6;5*1-3-4-2;;;;/h2*3-8H2,1-2H3;1,3-4H;2-4H;5*1,3-4H2,2H3;1H4;;;. The molecule has 0 aliphatic rings. The summed E-state index contributed by atoms with van der Waals surface area (Å²) in [6, 6.07) is 10.4. The number of nitriles is 2. The minimum Gasteiger partial charge on any atom is -0.262 e. The molecule has 0 bridgehead atoms. The van der Waals surface area contributed by atoms with E-state index in [0.29, 0.717) is 11.3 Å². The molecule has 4 nitrogen and oxygen atoms in total. The first-order valence-electron chi connectivity index (χ1n) is 22.9. The molecule has 0 amide bonds. The molecule has 2 rings (SSSR count). The van der Waals surface area contributed by atoms with Crippen LogP contribution in [0, 0.1) is 26.2 Å². The molecule has 2 aromatic rings. The second kappa shape index (κ2) is 56.4. The number of unbranched alkanes of at least 4 members (excludes halogenated alkanes) is 15. The first kappa shape index (κ1) is 66.5. The van der Waals surface area contributed by atoms with E-state index < -0.39 is 18.4 Å². The third-order valence-electron chi connectivity index (χ3n) is 9.32. The Morgan fingerprint density at radius 1 is 0.544 bits per heavy atom. The van der Waals surface area contributed by atoms with Gasteiger partial charge in [0.15, 0.2) is 0 Å². The van der Waals surface area contributed by atoms with Gasteiger partial charge < -0.3 is 0 Å². The van der Waals surface area contributed by atoms with Crippen molar-refractivity contribution in [3.05, 3.63) is 51.6 Å². The van der Waals surface area contributed by atoms with Gasteiger partial charge in [-0.3, -0.25) is 4.98 Å². The van der Waals surface area contributed by atoms with Gasteiger partial charge in [-0.05, 0) is 28.7 Å². The van der Waals surface area contributed by atoms with Crippen LogP contribution in [-0.2, 0) is 0 Å². The predicted molar refractivity (Wildman–Crippen MR) is 271 cm³/mol. The molecule has 0 N–H and O–H groups in total. The molecule has 0 aliphatic heterocycles. The fourth-order valence-electron chi connectivity index (χ4n) is 5.71.